The fourth-order valence-electron chi connectivity index (χ4n) is 0. The average Bonchev–Trinajstić information content (AvgIpc) is 0.592. The molecule has 0 saturated heterocycles. The van der Waals surface area contributed by atoms with Crippen LogP contribution in [0.15, 0.2) is 0 Å². The standard InChI is InChI=1S/6FH.Ru/h6*1H;/q;;;;;;+2/p-6. The Bertz CT molecular complexity index is 62.7. The van der Waals surface area contributed by atoms with E-state index in [1.807, 2.05) is 0 Å². The predicted molar refractivity (Wildman–Crippen MR) is 6.65 cm³/mol. The molecule has 0 atom stereocenters. The Morgan fingerprint density at radius 2 is 0.571 bits per heavy atom. The number of halogens is 6. The number of hydrogen-bond acceptors (Lipinski definition) is 0. The summed E-state index contributed by atoms with van der Waals surface area (Å²) >= 11 is -11.0. The predicted octanol–water partition coefficient (Wildman–Crippen LogP) is 2.52. The minimum atomic E-state index is -11.0. The Labute approximate surface area is 36.2 Å². The molecule has 0 saturated carbocycles. The van der Waals surface area contributed by atoms with Crippen LogP contribution >= 0.6 is 0 Å². The minimum absolute atomic E-state index is 9.90. The van der Waals surface area contributed by atoms with E-state index in [9.17, 15) is 19.9 Å². The maximum absolute atomic E-state index is 11.0. The van der Waals surface area contributed by atoms with E-state index < -0.39 is 15.4 Å². The molecule has 0 N–H and O–H groups in total. The Balaban J connectivity index is 4.43. The summed E-state index contributed by atoms with van der Waals surface area (Å²) in [5.74, 6) is 0. The molecule has 0 bridgehead atoms. The Kier molecular flexibility index (Phi) is 0.748. The van der Waals surface area contributed by atoms with Crippen LogP contribution in [0.4, 0.5) is 19.9 Å². The Morgan fingerprint density at radius 1 is 0.571 bits per heavy atom. The second-order valence-electron chi connectivity index (χ2n) is 0.758. The van der Waals surface area contributed by atoms with Gasteiger partial charge < -0.3 is 0 Å². The fourth-order valence-corrected chi connectivity index (χ4v) is 0. The molecule has 0 nitrogen and oxygen atoms in total. The van der Waals surface area contributed by atoms with Gasteiger partial charge in [0.05, 0.1) is 0 Å². The van der Waals surface area contributed by atoms with Crippen LogP contribution in [-0.2, 0) is 15.4 Å². The van der Waals surface area contributed by atoms with Gasteiger partial charge in [-0.05, 0) is 0 Å². The van der Waals surface area contributed by atoms with Gasteiger partial charge in [0, 0.05) is 0 Å². The number of rotatable bonds is 0. The van der Waals surface area contributed by atoms with Crippen molar-refractivity contribution in [3.63, 3.8) is 0 Å². The van der Waals surface area contributed by atoms with Gasteiger partial charge in [0.15, 0.2) is 0 Å². The van der Waals surface area contributed by atoms with Crippen molar-refractivity contribution in [2.24, 2.45) is 0 Å². The molecule has 0 amide bonds. The van der Waals surface area contributed by atoms with E-state index in [0.29, 0.717) is 0 Å². The summed E-state index contributed by atoms with van der Waals surface area (Å²) in [6, 6.07) is 0. The summed E-state index contributed by atoms with van der Waals surface area (Å²) < 4.78 is 59.4. The molecule has 0 aromatic carbocycles. The first-order valence-electron chi connectivity index (χ1n) is 0.802. The molecular formula is F6Ru-4. The van der Waals surface area contributed by atoms with E-state index in [1.54, 1.807) is 0 Å². The van der Waals surface area contributed by atoms with E-state index in [-0.39, 0.29) is 0 Å². The van der Waals surface area contributed by atoms with Crippen molar-refractivity contribution in [2.45, 2.75) is 0 Å². The molecule has 0 rings (SSSR count). The Morgan fingerprint density at radius 3 is 0.571 bits per heavy atom. The van der Waals surface area contributed by atoms with E-state index in [0.717, 1.165) is 0 Å². The van der Waals surface area contributed by atoms with Crippen LogP contribution in [0.25, 0.3) is 0 Å². The third-order valence-corrected chi connectivity index (χ3v) is 0. The van der Waals surface area contributed by atoms with Gasteiger partial charge in [0.25, 0.3) is 0 Å². The van der Waals surface area contributed by atoms with Crippen molar-refractivity contribution >= 4 is 0 Å². The summed E-state index contributed by atoms with van der Waals surface area (Å²) in [7, 11) is 0. The summed E-state index contributed by atoms with van der Waals surface area (Å²) in [4.78, 5) is 0. The van der Waals surface area contributed by atoms with Crippen molar-refractivity contribution in [3.05, 3.63) is 0 Å². The second kappa shape index (κ2) is 0.727. The van der Waals surface area contributed by atoms with E-state index in [2.05, 4.69) is 0 Å². The van der Waals surface area contributed by atoms with E-state index >= 15 is 0 Å². The third kappa shape index (κ3) is 2650. The second-order valence-corrected chi connectivity index (χ2v) is 4.48. The summed E-state index contributed by atoms with van der Waals surface area (Å²) in [5, 5.41) is 0. The van der Waals surface area contributed by atoms with Crippen molar-refractivity contribution in [1.29, 1.82) is 0 Å². The number of hydrogen-bond donors (Lipinski definition) is 0. The third-order valence-electron chi connectivity index (χ3n) is 0. The van der Waals surface area contributed by atoms with Crippen LogP contribution in [0.3, 0.4) is 0 Å². The van der Waals surface area contributed by atoms with Gasteiger partial charge in [-0.1, -0.05) is 0 Å². The quantitative estimate of drug-likeness (QED) is 0.430. The van der Waals surface area contributed by atoms with Crippen LogP contribution in [0.2, 0.25) is 0 Å². The van der Waals surface area contributed by atoms with Crippen LogP contribution < -0.4 is 0 Å². The summed E-state index contributed by atoms with van der Waals surface area (Å²) in [5.41, 5.74) is 0. The van der Waals surface area contributed by atoms with Gasteiger partial charge in [0.2, 0.25) is 0 Å². The molecule has 54 valence electrons. The van der Waals surface area contributed by atoms with Crippen LogP contribution in [-0.4, -0.2) is 0 Å². The van der Waals surface area contributed by atoms with Crippen molar-refractivity contribution < 1.29 is 35.3 Å². The molecule has 7 heavy (non-hydrogen) atoms. The first kappa shape index (κ1) is 7.20. The topological polar surface area (TPSA) is 0 Å². The van der Waals surface area contributed by atoms with Crippen molar-refractivity contribution in [1.82, 2.24) is 0 Å². The van der Waals surface area contributed by atoms with Gasteiger partial charge in [-0.3, -0.25) is 0 Å². The van der Waals surface area contributed by atoms with Crippen LogP contribution in [0.5, 0.6) is 0 Å². The molecule has 0 aliphatic carbocycles. The monoisotopic (exact) mass is 216 g/mol. The van der Waals surface area contributed by atoms with Gasteiger partial charge in [-0.15, -0.1) is 0 Å². The van der Waals surface area contributed by atoms with Gasteiger partial charge in [-0.2, -0.15) is 0 Å². The molecule has 0 unspecified atom stereocenters. The molecule has 0 aliphatic heterocycles. The molecule has 0 aromatic rings. The maximum atomic E-state index is 9.90. The molecular weight excluding hydrogens is 215 g/mol. The van der Waals surface area contributed by atoms with Crippen molar-refractivity contribution in [2.75, 3.05) is 0 Å². The fraction of sp³-hybridized carbons (Fsp3) is 0. The zero-order valence-corrected chi connectivity index (χ0v) is 4.36. The van der Waals surface area contributed by atoms with Crippen LogP contribution in [0.1, 0.15) is 0 Å². The molecule has 0 fully saturated rings. The van der Waals surface area contributed by atoms with Crippen LogP contribution in [0, 0.1) is 0 Å². The SMILES string of the molecule is [F][Ru-4]([F])([F])([F])([F])[F]. The van der Waals surface area contributed by atoms with E-state index in [4.69, 9.17) is 0 Å². The molecule has 7 heteroatoms. The summed E-state index contributed by atoms with van der Waals surface area (Å²) in [6.45, 7) is 0. The first-order chi connectivity index (χ1) is 2.45. The normalized spacial score (nSPS) is 23.1. The van der Waals surface area contributed by atoms with Gasteiger partial charge in [-0.25, -0.2) is 0 Å². The zero-order chi connectivity index (χ0) is 6.41. The molecule has 0 radical (unpaired) electrons. The van der Waals surface area contributed by atoms with Crippen molar-refractivity contribution in [3.8, 4) is 0 Å². The van der Waals surface area contributed by atoms with Gasteiger partial charge >= 0.3 is 35.3 Å². The summed E-state index contributed by atoms with van der Waals surface area (Å²) in [6.07, 6.45) is 0. The van der Waals surface area contributed by atoms with E-state index in [1.165, 1.54) is 0 Å². The van der Waals surface area contributed by atoms with Gasteiger partial charge in [0.1, 0.15) is 0 Å². The molecule has 0 aliphatic rings. The first-order valence-corrected chi connectivity index (χ1v) is 4.74. The molecule has 0 aromatic heterocycles. The molecule has 0 spiro atoms. The zero-order valence-electron chi connectivity index (χ0n) is 2.62. The molecule has 0 heterocycles. The Hall–Kier alpha value is 0.203. The average molecular weight is 215 g/mol.